The van der Waals surface area contributed by atoms with Gasteiger partial charge in [-0.3, -0.25) is 4.79 Å². The number of aromatic hydroxyl groups is 4. The van der Waals surface area contributed by atoms with Gasteiger partial charge in [-0.25, -0.2) is 9.59 Å². The van der Waals surface area contributed by atoms with Gasteiger partial charge >= 0.3 is 11.9 Å². The van der Waals surface area contributed by atoms with Crippen LogP contribution < -0.4 is 19.6 Å². The molecule has 55 heavy (non-hydrogen) atoms. The van der Waals surface area contributed by atoms with E-state index < -0.39 is 94.6 Å². The predicted octanol–water partition coefficient (Wildman–Crippen LogP) is 3.99. The van der Waals surface area contributed by atoms with Crippen molar-refractivity contribution in [2.45, 2.75) is 44.6 Å². The van der Waals surface area contributed by atoms with Gasteiger partial charge in [0.25, 0.3) is 0 Å². The molecule has 1 aromatic heterocycles. The lowest BCUT2D eigenvalue weighted by molar-refractivity contribution is -0.276. The number of esters is 2. The molecule has 0 amide bonds. The van der Waals surface area contributed by atoms with E-state index in [-0.39, 0.29) is 22.3 Å². The van der Waals surface area contributed by atoms with Crippen LogP contribution in [0.2, 0.25) is 0 Å². The van der Waals surface area contributed by atoms with Crippen LogP contribution >= 0.6 is 0 Å². The van der Waals surface area contributed by atoms with Crippen LogP contribution in [0.25, 0.3) is 22.3 Å². The molecule has 6 rings (SSSR count). The summed E-state index contributed by atoms with van der Waals surface area (Å²) in [6.07, 6.45) is -8.53. The Kier molecular flexibility index (Phi) is 11.3. The van der Waals surface area contributed by atoms with Gasteiger partial charge in [-0.2, -0.15) is 0 Å². The van der Waals surface area contributed by atoms with Gasteiger partial charge in [-0.05, 0) is 80.6 Å². The molecule has 0 saturated carbocycles. The van der Waals surface area contributed by atoms with Crippen LogP contribution in [0.5, 0.6) is 40.2 Å². The van der Waals surface area contributed by atoms with Crippen molar-refractivity contribution in [3.05, 3.63) is 100 Å². The quantitative estimate of drug-likeness (QED) is 0.0985. The van der Waals surface area contributed by atoms with Crippen molar-refractivity contribution < 1.29 is 73.1 Å². The smallest absolute Gasteiger partial charge is 0.338 e. The summed E-state index contributed by atoms with van der Waals surface area (Å²) in [5.74, 6) is -4.33. The number of aliphatic hydroxyl groups is 2. The van der Waals surface area contributed by atoms with E-state index in [9.17, 15) is 45.0 Å². The van der Waals surface area contributed by atoms with E-state index in [1.807, 2.05) is 0 Å². The number of benzene rings is 4. The highest BCUT2D eigenvalue weighted by Gasteiger charge is 2.51. The van der Waals surface area contributed by atoms with Crippen LogP contribution in [0, 0.1) is 0 Å². The first-order chi connectivity index (χ1) is 26.4. The molecule has 5 aromatic rings. The van der Waals surface area contributed by atoms with E-state index in [4.69, 9.17) is 32.8 Å². The Hall–Kier alpha value is -6.49. The number of rotatable bonds is 12. The standard InChI is InChI=1S/C39H36O16/c1-3-49-23-10-5-19(6-11-23)37(47)54-35-31(44)29(18-40)53-39(36(35)55-38(48)20-7-12-24(13-8-20)50-4-2)52-27-15-21(9-14-25(27)42)34-33(46)32(45)30-26(43)16-22(41)17-28(30)51-34/h5-17,29,31,35-36,39-44,46H,3-4,18H2,1-2H3/t29-,31-,35+,36-,39-/m1/s1. The Morgan fingerprint density at radius 1 is 0.745 bits per heavy atom. The summed E-state index contributed by atoms with van der Waals surface area (Å²) >= 11 is 0. The molecule has 2 heterocycles. The van der Waals surface area contributed by atoms with E-state index in [0.717, 1.165) is 24.3 Å². The van der Waals surface area contributed by atoms with Crippen molar-refractivity contribution in [2.75, 3.05) is 19.8 Å². The van der Waals surface area contributed by atoms with Crippen molar-refractivity contribution in [1.29, 1.82) is 0 Å². The molecule has 5 atom stereocenters. The Bertz CT molecular complexity index is 2230. The number of hydrogen-bond donors (Lipinski definition) is 6. The molecule has 0 radical (unpaired) electrons. The normalized spacial score (nSPS) is 19.4. The summed E-state index contributed by atoms with van der Waals surface area (Å²) in [5.41, 5.74) is -1.29. The number of carbonyl (C=O) groups excluding carboxylic acids is 2. The Morgan fingerprint density at radius 2 is 1.33 bits per heavy atom. The maximum absolute atomic E-state index is 13.6. The number of aliphatic hydroxyl groups excluding tert-OH is 2. The zero-order valence-electron chi connectivity index (χ0n) is 29.3. The van der Waals surface area contributed by atoms with Gasteiger partial charge in [-0.1, -0.05) is 0 Å². The predicted molar refractivity (Wildman–Crippen MR) is 191 cm³/mol. The molecular formula is C39H36O16. The van der Waals surface area contributed by atoms with E-state index in [1.165, 1.54) is 54.6 Å². The van der Waals surface area contributed by atoms with Crippen molar-refractivity contribution in [2.24, 2.45) is 0 Å². The van der Waals surface area contributed by atoms with Gasteiger partial charge < -0.3 is 63.5 Å². The number of phenols is 3. The molecule has 0 bridgehead atoms. The van der Waals surface area contributed by atoms with Gasteiger partial charge in [-0.15, -0.1) is 0 Å². The lowest BCUT2D eigenvalue weighted by Crippen LogP contribution is -2.62. The number of hydrogen-bond acceptors (Lipinski definition) is 16. The van der Waals surface area contributed by atoms with E-state index in [1.54, 1.807) is 13.8 Å². The number of fused-ring (bicyclic) bond motifs is 1. The third kappa shape index (κ3) is 8.06. The largest absolute Gasteiger partial charge is 0.508 e. The molecule has 16 nitrogen and oxygen atoms in total. The molecule has 0 aliphatic carbocycles. The highest BCUT2D eigenvalue weighted by atomic mass is 16.7. The van der Waals surface area contributed by atoms with Gasteiger partial charge in [0, 0.05) is 17.7 Å². The molecule has 288 valence electrons. The zero-order chi connectivity index (χ0) is 39.4. The molecule has 6 N–H and O–H groups in total. The zero-order valence-corrected chi connectivity index (χ0v) is 29.3. The lowest BCUT2D eigenvalue weighted by atomic mass is 9.98. The molecule has 0 unspecified atom stereocenters. The van der Waals surface area contributed by atoms with Crippen LogP contribution in [0.1, 0.15) is 34.6 Å². The maximum Gasteiger partial charge on any atom is 0.338 e. The number of phenolic OH excluding ortho intramolecular Hbond substituents is 3. The van der Waals surface area contributed by atoms with Gasteiger partial charge in [0.15, 0.2) is 23.4 Å². The van der Waals surface area contributed by atoms with Crippen LogP contribution in [-0.4, -0.2) is 93.1 Å². The Balaban J connectivity index is 1.37. The Labute approximate surface area is 311 Å². The second kappa shape index (κ2) is 16.3. The second-order valence-electron chi connectivity index (χ2n) is 12.1. The SMILES string of the molecule is CCOc1ccc(C(=O)O[C@H]2[C@H](Oc3cc(-c4oc5cc(O)cc(O)c5c(=O)c4O)ccc3O)O[C@H](CO)[C@@H](O)[C@@H]2OC(=O)c2ccc(OCC)cc2)cc1. The fourth-order valence-corrected chi connectivity index (χ4v) is 5.83. The molecule has 0 spiro atoms. The summed E-state index contributed by atoms with van der Waals surface area (Å²) in [6, 6.07) is 17.2. The van der Waals surface area contributed by atoms with Gasteiger partial charge in [0.05, 0.1) is 30.9 Å². The lowest BCUT2D eigenvalue weighted by Gasteiger charge is -2.42. The number of ether oxygens (including phenoxy) is 6. The monoisotopic (exact) mass is 760 g/mol. The first-order valence-corrected chi connectivity index (χ1v) is 17.0. The van der Waals surface area contributed by atoms with Crippen LogP contribution in [0.15, 0.2) is 88.1 Å². The molecule has 1 fully saturated rings. The summed E-state index contributed by atoms with van der Waals surface area (Å²) in [6.45, 7) is 3.52. The van der Waals surface area contributed by atoms with E-state index in [0.29, 0.717) is 24.7 Å². The van der Waals surface area contributed by atoms with Gasteiger partial charge in [0.2, 0.25) is 23.6 Å². The summed E-state index contributed by atoms with van der Waals surface area (Å²) < 4.78 is 39.9. The molecule has 1 saturated heterocycles. The molecular weight excluding hydrogens is 724 g/mol. The minimum absolute atomic E-state index is 0.0290. The van der Waals surface area contributed by atoms with Crippen LogP contribution in [0.4, 0.5) is 0 Å². The van der Waals surface area contributed by atoms with Crippen LogP contribution in [0.3, 0.4) is 0 Å². The molecule has 1 aliphatic rings. The highest BCUT2D eigenvalue weighted by molar-refractivity contribution is 5.91. The average molecular weight is 761 g/mol. The third-order valence-electron chi connectivity index (χ3n) is 8.49. The molecule has 1 aliphatic heterocycles. The second-order valence-corrected chi connectivity index (χ2v) is 12.1. The summed E-state index contributed by atoms with van der Waals surface area (Å²) in [5, 5.41) is 62.9. The first kappa shape index (κ1) is 38.2. The van der Waals surface area contributed by atoms with Crippen molar-refractivity contribution in [3.63, 3.8) is 0 Å². The average Bonchev–Trinajstić information content (AvgIpc) is 3.16. The number of carbonyl (C=O) groups is 2. The fourth-order valence-electron chi connectivity index (χ4n) is 5.83. The summed E-state index contributed by atoms with van der Waals surface area (Å²) in [4.78, 5) is 40.0. The maximum atomic E-state index is 13.6. The van der Waals surface area contributed by atoms with E-state index in [2.05, 4.69) is 0 Å². The minimum atomic E-state index is -1.79. The molecule has 4 aromatic carbocycles. The van der Waals surface area contributed by atoms with Gasteiger partial charge in [0.1, 0.15) is 46.2 Å². The summed E-state index contributed by atoms with van der Waals surface area (Å²) in [7, 11) is 0. The minimum Gasteiger partial charge on any atom is -0.508 e. The van der Waals surface area contributed by atoms with Crippen LogP contribution in [-0.2, 0) is 14.2 Å². The molecule has 16 heteroatoms. The highest BCUT2D eigenvalue weighted by Crippen LogP contribution is 2.40. The topological polar surface area (TPSA) is 241 Å². The van der Waals surface area contributed by atoms with Crippen molar-refractivity contribution >= 4 is 22.9 Å². The fraction of sp³-hybridized carbons (Fsp3) is 0.256. The van der Waals surface area contributed by atoms with Crippen molar-refractivity contribution in [3.8, 4) is 51.6 Å². The van der Waals surface area contributed by atoms with E-state index >= 15 is 0 Å². The Morgan fingerprint density at radius 3 is 1.89 bits per heavy atom. The van der Waals surface area contributed by atoms with Crippen molar-refractivity contribution in [1.82, 2.24) is 0 Å². The third-order valence-corrected chi connectivity index (χ3v) is 8.49. The first-order valence-electron chi connectivity index (χ1n) is 17.0.